The Kier molecular flexibility index (Phi) is 6.39. The molecule has 1 saturated heterocycles. The van der Waals surface area contributed by atoms with Crippen LogP contribution in [0.3, 0.4) is 0 Å². The van der Waals surface area contributed by atoms with Crippen LogP contribution in [0.1, 0.15) is 34.3 Å². The number of rotatable bonds is 6. The summed E-state index contributed by atoms with van der Waals surface area (Å²) in [7, 11) is 0. The van der Waals surface area contributed by atoms with Gasteiger partial charge in [-0.05, 0) is 43.5 Å². The van der Waals surface area contributed by atoms with Crippen molar-refractivity contribution in [1.29, 1.82) is 0 Å². The topological polar surface area (TPSA) is 67.4 Å². The van der Waals surface area contributed by atoms with E-state index in [1.165, 1.54) is 0 Å². The molecule has 0 radical (unpaired) electrons. The number of amides is 2. The highest BCUT2D eigenvalue weighted by Crippen LogP contribution is 2.12. The molecule has 1 heterocycles. The van der Waals surface area contributed by atoms with Crippen LogP contribution in [-0.4, -0.2) is 31.1 Å². The zero-order valence-corrected chi connectivity index (χ0v) is 15.4. The van der Waals surface area contributed by atoms with Crippen LogP contribution in [0.25, 0.3) is 6.08 Å². The molecular weight excluding hydrogens is 340 g/mol. The summed E-state index contributed by atoms with van der Waals surface area (Å²) >= 11 is 0. The summed E-state index contributed by atoms with van der Waals surface area (Å²) in [5.74, 6) is -0.640. The highest BCUT2D eigenvalue weighted by atomic mass is 16.5. The minimum Gasteiger partial charge on any atom is -0.376 e. The molecule has 1 fully saturated rings. The van der Waals surface area contributed by atoms with Gasteiger partial charge in [-0.25, -0.2) is 0 Å². The fourth-order valence-electron chi connectivity index (χ4n) is 2.88. The molecule has 0 spiro atoms. The first-order valence-electron chi connectivity index (χ1n) is 9.16. The highest BCUT2D eigenvalue weighted by Gasteiger charge is 2.19. The minimum absolute atomic E-state index is 0.0414. The average molecular weight is 364 g/mol. The first-order chi connectivity index (χ1) is 13.1. The standard InChI is InChI=1S/C22H24N2O3/c1-16-9-11-18(12-10-16)21(25)24-20(14-17-6-3-2-4-7-17)22(26)23-15-19-8-5-13-27-19/h2-4,6-7,9-12,14,19H,5,8,13,15H2,1H3,(H,23,26)(H,24,25)/b20-14-/t19-/m1/s1. The molecule has 1 aliphatic rings. The van der Waals surface area contributed by atoms with Gasteiger partial charge in [-0.3, -0.25) is 9.59 Å². The van der Waals surface area contributed by atoms with Crippen molar-refractivity contribution in [3.63, 3.8) is 0 Å². The second-order valence-electron chi connectivity index (χ2n) is 6.63. The van der Waals surface area contributed by atoms with Crippen LogP contribution in [0.2, 0.25) is 0 Å². The van der Waals surface area contributed by atoms with E-state index in [9.17, 15) is 9.59 Å². The van der Waals surface area contributed by atoms with Crippen molar-refractivity contribution in [2.75, 3.05) is 13.2 Å². The molecule has 0 saturated carbocycles. The normalized spacial score (nSPS) is 16.8. The number of hydrogen-bond donors (Lipinski definition) is 2. The highest BCUT2D eigenvalue weighted by molar-refractivity contribution is 6.05. The summed E-state index contributed by atoms with van der Waals surface area (Å²) in [4.78, 5) is 25.2. The number of aryl methyl sites for hydroxylation is 1. The van der Waals surface area contributed by atoms with Crippen molar-refractivity contribution in [2.45, 2.75) is 25.9 Å². The Hall–Kier alpha value is -2.92. The number of carbonyl (C=O) groups is 2. The zero-order chi connectivity index (χ0) is 19.1. The van der Waals surface area contributed by atoms with Gasteiger partial charge in [-0.15, -0.1) is 0 Å². The average Bonchev–Trinajstić information content (AvgIpc) is 3.20. The van der Waals surface area contributed by atoms with E-state index in [2.05, 4.69) is 10.6 Å². The Bertz CT molecular complexity index is 807. The molecular formula is C22H24N2O3. The van der Waals surface area contributed by atoms with E-state index in [4.69, 9.17) is 4.74 Å². The lowest BCUT2D eigenvalue weighted by Gasteiger charge is -2.14. The van der Waals surface area contributed by atoms with Crippen molar-refractivity contribution in [3.05, 3.63) is 77.0 Å². The van der Waals surface area contributed by atoms with E-state index < -0.39 is 0 Å². The molecule has 5 heteroatoms. The predicted molar refractivity (Wildman–Crippen MR) is 105 cm³/mol. The molecule has 1 aliphatic heterocycles. The van der Waals surface area contributed by atoms with Crippen LogP contribution in [0.5, 0.6) is 0 Å². The van der Waals surface area contributed by atoms with Crippen LogP contribution in [0.15, 0.2) is 60.3 Å². The molecule has 5 nitrogen and oxygen atoms in total. The first-order valence-corrected chi connectivity index (χ1v) is 9.16. The third kappa shape index (κ3) is 5.53. The van der Waals surface area contributed by atoms with Gasteiger partial charge < -0.3 is 15.4 Å². The van der Waals surface area contributed by atoms with Gasteiger partial charge in [-0.2, -0.15) is 0 Å². The van der Waals surface area contributed by atoms with Gasteiger partial charge in [0.1, 0.15) is 5.70 Å². The molecule has 2 aromatic carbocycles. The van der Waals surface area contributed by atoms with Crippen molar-refractivity contribution in [2.24, 2.45) is 0 Å². The molecule has 140 valence electrons. The van der Waals surface area contributed by atoms with Crippen LogP contribution >= 0.6 is 0 Å². The van der Waals surface area contributed by atoms with E-state index in [1.807, 2.05) is 49.4 Å². The van der Waals surface area contributed by atoms with E-state index in [0.29, 0.717) is 12.1 Å². The van der Waals surface area contributed by atoms with E-state index in [-0.39, 0.29) is 23.6 Å². The first kappa shape index (κ1) is 18.9. The molecule has 2 amide bonds. The third-order valence-corrected chi connectivity index (χ3v) is 4.43. The molecule has 2 N–H and O–H groups in total. The molecule has 3 rings (SSSR count). The van der Waals surface area contributed by atoms with Crippen LogP contribution in [0, 0.1) is 6.92 Å². The third-order valence-electron chi connectivity index (χ3n) is 4.43. The number of ether oxygens (including phenoxy) is 1. The number of hydrogen-bond acceptors (Lipinski definition) is 3. The SMILES string of the molecule is Cc1ccc(C(=O)N/C(=C\c2ccccc2)C(=O)NC[C@H]2CCCO2)cc1. The second kappa shape index (κ2) is 9.14. The summed E-state index contributed by atoms with van der Waals surface area (Å²) in [5.41, 5.74) is 2.63. The number of carbonyl (C=O) groups excluding carboxylic acids is 2. The van der Waals surface area contributed by atoms with Crippen molar-refractivity contribution < 1.29 is 14.3 Å². The fourth-order valence-corrected chi connectivity index (χ4v) is 2.88. The van der Waals surface area contributed by atoms with E-state index >= 15 is 0 Å². The maximum atomic E-state index is 12.7. The van der Waals surface area contributed by atoms with Gasteiger partial charge in [0.2, 0.25) is 0 Å². The molecule has 0 aromatic heterocycles. The Labute approximate surface area is 159 Å². The summed E-state index contributed by atoms with van der Waals surface area (Å²) in [6.07, 6.45) is 3.67. The molecule has 27 heavy (non-hydrogen) atoms. The maximum absolute atomic E-state index is 12.7. The zero-order valence-electron chi connectivity index (χ0n) is 15.4. The summed E-state index contributed by atoms with van der Waals surface area (Å²) in [6, 6.07) is 16.7. The monoisotopic (exact) mass is 364 g/mol. The quantitative estimate of drug-likeness (QED) is 0.774. The van der Waals surface area contributed by atoms with Crippen LogP contribution in [-0.2, 0) is 9.53 Å². The summed E-state index contributed by atoms with van der Waals surface area (Å²) < 4.78 is 5.54. The second-order valence-corrected chi connectivity index (χ2v) is 6.63. The van der Waals surface area contributed by atoms with Crippen molar-refractivity contribution >= 4 is 17.9 Å². The molecule has 0 aliphatic carbocycles. The Morgan fingerprint density at radius 1 is 1.11 bits per heavy atom. The molecule has 2 aromatic rings. The predicted octanol–water partition coefficient (Wildman–Crippen LogP) is 3.06. The van der Waals surface area contributed by atoms with Crippen LogP contribution < -0.4 is 10.6 Å². The minimum atomic E-state index is -0.324. The van der Waals surface area contributed by atoms with Gasteiger partial charge in [0.05, 0.1) is 6.10 Å². The summed E-state index contributed by atoms with van der Waals surface area (Å²) in [6.45, 7) is 3.13. The van der Waals surface area contributed by atoms with Gasteiger partial charge in [0.25, 0.3) is 11.8 Å². The lowest BCUT2D eigenvalue weighted by atomic mass is 10.1. The fraction of sp³-hybridized carbons (Fsp3) is 0.273. The van der Waals surface area contributed by atoms with Crippen molar-refractivity contribution in [1.82, 2.24) is 10.6 Å². The molecule has 0 unspecified atom stereocenters. The number of benzene rings is 2. The van der Waals surface area contributed by atoms with Gasteiger partial charge in [0.15, 0.2) is 0 Å². The van der Waals surface area contributed by atoms with E-state index in [1.54, 1.807) is 18.2 Å². The Balaban J connectivity index is 1.74. The van der Waals surface area contributed by atoms with Gasteiger partial charge in [0, 0.05) is 18.7 Å². The van der Waals surface area contributed by atoms with Crippen molar-refractivity contribution in [3.8, 4) is 0 Å². The molecule has 0 bridgehead atoms. The smallest absolute Gasteiger partial charge is 0.267 e. The largest absolute Gasteiger partial charge is 0.376 e. The van der Waals surface area contributed by atoms with Crippen LogP contribution in [0.4, 0.5) is 0 Å². The maximum Gasteiger partial charge on any atom is 0.267 e. The number of nitrogens with one attached hydrogen (secondary N) is 2. The Morgan fingerprint density at radius 3 is 2.52 bits per heavy atom. The Morgan fingerprint density at radius 2 is 1.85 bits per heavy atom. The lowest BCUT2D eigenvalue weighted by molar-refractivity contribution is -0.118. The molecule has 1 atom stereocenters. The lowest BCUT2D eigenvalue weighted by Crippen LogP contribution is -2.38. The summed E-state index contributed by atoms with van der Waals surface area (Å²) in [5, 5.41) is 5.61. The van der Waals surface area contributed by atoms with Gasteiger partial charge >= 0.3 is 0 Å². The van der Waals surface area contributed by atoms with Gasteiger partial charge in [-0.1, -0.05) is 48.0 Å². The van der Waals surface area contributed by atoms with E-state index in [0.717, 1.165) is 30.6 Å².